The number of benzene rings is 2. The van der Waals surface area contributed by atoms with Crippen LogP contribution in [0.3, 0.4) is 0 Å². The van der Waals surface area contributed by atoms with Crippen LogP contribution in [0.4, 0.5) is 0 Å². The van der Waals surface area contributed by atoms with Gasteiger partial charge in [-0.3, -0.25) is 4.90 Å². The van der Waals surface area contributed by atoms with Crippen molar-refractivity contribution in [2.45, 2.75) is 29.2 Å². The maximum absolute atomic E-state index is 6.36. The molecule has 2 aromatic carbocycles. The highest BCUT2D eigenvalue weighted by Gasteiger charge is 2.29. The SMILES string of the molecule is CCN1CCN(C2Cc3ccccc3Sc3ccc(Cl)cc32)CC1. The van der Waals surface area contributed by atoms with E-state index in [4.69, 9.17) is 11.6 Å². The molecule has 24 heavy (non-hydrogen) atoms. The molecule has 0 N–H and O–H groups in total. The minimum Gasteiger partial charge on any atom is -0.301 e. The van der Waals surface area contributed by atoms with E-state index in [-0.39, 0.29) is 0 Å². The normalized spacial score (nSPS) is 21.8. The van der Waals surface area contributed by atoms with Crippen molar-refractivity contribution in [1.29, 1.82) is 0 Å². The van der Waals surface area contributed by atoms with Crippen molar-refractivity contribution in [1.82, 2.24) is 9.80 Å². The lowest BCUT2D eigenvalue weighted by Crippen LogP contribution is -2.47. The van der Waals surface area contributed by atoms with E-state index in [1.807, 2.05) is 17.8 Å². The lowest BCUT2D eigenvalue weighted by Gasteiger charge is -2.39. The summed E-state index contributed by atoms with van der Waals surface area (Å²) < 4.78 is 0. The molecule has 0 saturated carbocycles. The van der Waals surface area contributed by atoms with E-state index in [1.54, 1.807) is 0 Å². The summed E-state index contributed by atoms with van der Waals surface area (Å²) >= 11 is 8.24. The van der Waals surface area contributed by atoms with Crippen molar-refractivity contribution in [3.63, 3.8) is 0 Å². The second kappa shape index (κ2) is 7.09. The summed E-state index contributed by atoms with van der Waals surface area (Å²) in [6, 6.07) is 15.7. The van der Waals surface area contributed by atoms with E-state index in [9.17, 15) is 0 Å². The van der Waals surface area contributed by atoms with Gasteiger partial charge in [0.2, 0.25) is 0 Å². The van der Waals surface area contributed by atoms with Gasteiger partial charge in [-0.2, -0.15) is 0 Å². The Hall–Kier alpha value is -1.00. The predicted octanol–water partition coefficient (Wildman–Crippen LogP) is 4.73. The van der Waals surface area contributed by atoms with Crippen LogP contribution in [0.2, 0.25) is 5.02 Å². The summed E-state index contributed by atoms with van der Waals surface area (Å²) in [6.45, 7) is 8.01. The Morgan fingerprint density at radius 3 is 2.62 bits per heavy atom. The number of halogens is 1. The number of rotatable bonds is 2. The molecule has 1 saturated heterocycles. The largest absolute Gasteiger partial charge is 0.301 e. The van der Waals surface area contributed by atoms with Crippen LogP contribution in [0.5, 0.6) is 0 Å². The average Bonchev–Trinajstić information content (AvgIpc) is 2.78. The van der Waals surface area contributed by atoms with Crippen LogP contribution in [0.1, 0.15) is 24.1 Å². The minimum atomic E-state index is 0.425. The zero-order valence-electron chi connectivity index (χ0n) is 14.0. The summed E-state index contributed by atoms with van der Waals surface area (Å²) in [5.74, 6) is 0. The molecule has 0 bridgehead atoms. The smallest absolute Gasteiger partial charge is 0.0410 e. The molecule has 4 heteroatoms. The maximum Gasteiger partial charge on any atom is 0.0410 e. The molecule has 0 amide bonds. The highest BCUT2D eigenvalue weighted by molar-refractivity contribution is 7.99. The van der Waals surface area contributed by atoms with Crippen LogP contribution in [0, 0.1) is 0 Å². The van der Waals surface area contributed by atoms with Gasteiger partial charge in [0.1, 0.15) is 0 Å². The van der Waals surface area contributed by atoms with E-state index in [0.717, 1.165) is 44.2 Å². The molecule has 1 unspecified atom stereocenters. The monoisotopic (exact) mass is 358 g/mol. The highest BCUT2D eigenvalue weighted by atomic mass is 35.5. The van der Waals surface area contributed by atoms with Crippen LogP contribution < -0.4 is 0 Å². The Morgan fingerprint density at radius 1 is 1.04 bits per heavy atom. The average molecular weight is 359 g/mol. The molecular weight excluding hydrogens is 336 g/mol. The Bertz CT molecular complexity index is 725. The van der Waals surface area contributed by atoms with Crippen molar-refractivity contribution in [2.24, 2.45) is 0 Å². The van der Waals surface area contributed by atoms with Crippen molar-refractivity contribution in [3.05, 3.63) is 58.6 Å². The van der Waals surface area contributed by atoms with E-state index < -0.39 is 0 Å². The fourth-order valence-corrected chi connectivity index (χ4v) is 5.09. The van der Waals surface area contributed by atoms with Gasteiger partial charge < -0.3 is 4.90 Å². The van der Waals surface area contributed by atoms with E-state index in [1.165, 1.54) is 20.9 Å². The first-order valence-corrected chi connectivity index (χ1v) is 9.95. The summed E-state index contributed by atoms with van der Waals surface area (Å²) in [5, 5.41) is 0.845. The quantitative estimate of drug-likeness (QED) is 0.766. The van der Waals surface area contributed by atoms with Gasteiger partial charge in [0.25, 0.3) is 0 Å². The summed E-state index contributed by atoms with van der Waals surface area (Å²) in [7, 11) is 0. The third-order valence-corrected chi connectivity index (χ3v) is 6.68. The minimum absolute atomic E-state index is 0.425. The molecular formula is C20H23ClN2S. The predicted molar refractivity (Wildman–Crippen MR) is 102 cm³/mol. The fraction of sp³-hybridized carbons (Fsp3) is 0.400. The molecule has 2 aliphatic rings. The summed E-state index contributed by atoms with van der Waals surface area (Å²) in [4.78, 5) is 7.93. The molecule has 0 aromatic heterocycles. The first-order valence-electron chi connectivity index (χ1n) is 8.76. The second-order valence-corrected chi connectivity index (χ2v) is 8.10. The van der Waals surface area contributed by atoms with E-state index in [2.05, 4.69) is 53.1 Å². The standard InChI is InChI=1S/C20H23ClN2S/c1-2-22-9-11-23(12-10-22)18-13-15-5-3-4-6-19(15)24-20-8-7-16(21)14-17(18)20/h3-8,14,18H,2,9-13H2,1H3. The molecule has 0 spiro atoms. The number of nitrogens with zero attached hydrogens (tertiary/aromatic N) is 2. The first-order chi connectivity index (χ1) is 11.7. The van der Waals surface area contributed by atoms with Gasteiger partial charge >= 0.3 is 0 Å². The lowest BCUT2D eigenvalue weighted by atomic mass is 9.96. The molecule has 0 radical (unpaired) electrons. The summed E-state index contributed by atoms with van der Waals surface area (Å²) in [6.07, 6.45) is 1.07. The van der Waals surface area contributed by atoms with Crippen LogP contribution in [0.15, 0.2) is 52.3 Å². The Kier molecular flexibility index (Phi) is 4.86. The molecule has 1 fully saturated rings. The molecule has 4 rings (SSSR count). The summed E-state index contributed by atoms with van der Waals surface area (Å²) in [5.41, 5.74) is 2.85. The van der Waals surface area contributed by atoms with E-state index >= 15 is 0 Å². The zero-order chi connectivity index (χ0) is 16.5. The van der Waals surface area contributed by atoms with Gasteiger partial charge in [0.15, 0.2) is 0 Å². The Morgan fingerprint density at radius 2 is 1.83 bits per heavy atom. The second-order valence-electron chi connectivity index (χ2n) is 6.58. The fourth-order valence-electron chi connectivity index (χ4n) is 3.80. The molecule has 2 aromatic rings. The number of likely N-dealkylation sites (N-methyl/N-ethyl adjacent to an activating group) is 1. The zero-order valence-corrected chi connectivity index (χ0v) is 15.6. The number of hydrogen-bond donors (Lipinski definition) is 0. The maximum atomic E-state index is 6.36. The van der Waals surface area contributed by atoms with Crippen LogP contribution in [0.25, 0.3) is 0 Å². The van der Waals surface area contributed by atoms with Gasteiger partial charge in [-0.1, -0.05) is 48.5 Å². The number of fused-ring (bicyclic) bond motifs is 2. The van der Waals surface area contributed by atoms with Gasteiger partial charge in [-0.25, -0.2) is 0 Å². The van der Waals surface area contributed by atoms with Crippen LogP contribution in [-0.4, -0.2) is 42.5 Å². The lowest BCUT2D eigenvalue weighted by molar-refractivity contribution is 0.0977. The third kappa shape index (κ3) is 3.23. The van der Waals surface area contributed by atoms with E-state index in [0.29, 0.717) is 6.04 Å². The van der Waals surface area contributed by atoms with Crippen LogP contribution in [-0.2, 0) is 6.42 Å². The van der Waals surface area contributed by atoms with Crippen molar-refractivity contribution < 1.29 is 0 Å². The molecule has 2 nitrogen and oxygen atoms in total. The Labute approximate surface area is 153 Å². The van der Waals surface area contributed by atoms with Crippen molar-refractivity contribution >= 4 is 23.4 Å². The number of piperazine rings is 1. The van der Waals surface area contributed by atoms with Gasteiger partial charge in [-0.15, -0.1) is 0 Å². The highest BCUT2D eigenvalue weighted by Crippen LogP contribution is 2.43. The van der Waals surface area contributed by atoms with Gasteiger partial charge in [0, 0.05) is 47.0 Å². The number of hydrogen-bond acceptors (Lipinski definition) is 3. The molecule has 2 aliphatic heterocycles. The van der Waals surface area contributed by atoms with Gasteiger partial charge in [-0.05, 0) is 48.4 Å². The molecule has 1 atom stereocenters. The molecule has 2 heterocycles. The van der Waals surface area contributed by atoms with Crippen LogP contribution >= 0.6 is 23.4 Å². The topological polar surface area (TPSA) is 6.48 Å². The van der Waals surface area contributed by atoms with Gasteiger partial charge in [0.05, 0.1) is 0 Å². The Balaban J connectivity index is 1.71. The van der Waals surface area contributed by atoms with Crippen molar-refractivity contribution in [3.8, 4) is 0 Å². The third-order valence-electron chi connectivity index (χ3n) is 5.23. The molecule has 126 valence electrons. The van der Waals surface area contributed by atoms with Crippen molar-refractivity contribution in [2.75, 3.05) is 32.7 Å². The molecule has 0 aliphatic carbocycles. The first kappa shape index (κ1) is 16.5.